The number of hydrogen-bond donors (Lipinski definition) is 1. The molecule has 0 aliphatic heterocycles. The van der Waals surface area contributed by atoms with Crippen molar-refractivity contribution in [1.29, 1.82) is 0 Å². The molecule has 0 spiro atoms. The van der Waals surface area contributed by atoms with Crippen LogP contribution < -0.4 is 5.73 Å². The molecule has 0 aromatic heterocycles. The second-order valence-corrected chi connectivity index (χ2v) is 3.25. The summed E-state index contributed by atoms with van der Waals surface area (Å²) in [5.41, 5.74) is 5.38. The van der Waals surface area contributed by atoms with E-state index in [0.29, 0.717) is 0 Å². The van der Waals surface area contributed by atoms with Gasteiger partial charge in [-0.15, -0.1) is 0 Å². The average Bonchev–Trinajstić information content (AvgIpc) is 2.10. The number of rotatable bonds is 8. The predicted molar refractivity (Wildman–Crippen MR) is 56.2 cm³/mol. The second-order valence-electron chi connectivity index (χ2n) is 3.25. The zero-order valence-electron chi connectivity index (χ0n) is 8.39. The fourth-order valence-corrected chi connectivity index (χ4v) is 1.16. The van der Waals surface area contributed by atoms with Gasteiger partial charge in [0, 0.05) is 0 Å². The fraction of sp³-hybridized carbons (Fsp3) is 0.818. The van der Waals surface area contributed by atoms with Crippen molar-refractivity contribution in [1.82, 2.24) is 0 Å². The molecular weight excluding hydrogens is 146 g/mol. The molecule has 0 rings (SSSR count). The van der Waals surface area contributed by atoms with Crippen LogP contribution in [0.4, 0.5) is 0 Å². The molecule has 0 fully saturated rings. The molecule has 1 nitrogen and oxygen atoms in total. The third-order valence-electron chi connectivity index (χ3n) is 1.97. The van der Waals surface area contributed by atoms with E-state index in [4.69, 9.17) is 5.73 Å². The molecule has 2 N–H and O–H groups in total. The van der Waals surface area contributed by atoms with E-state index in [-0.39, 0.29) is 0 Å². The summed E-state index contributed by atoms with van der Waals surface area (Å²) in [7, 11) is 0. The van der Waals surface area contributed by atoms with E-state index in [2.05, 4.69) is 19.1 Å². The maximum absolute atomic E-state index is 5.38. The van der Waals surface area contributed by atoms with Crippen LogP contribution >= 0.6 is 0 Å². The SMILES string of the molecule is CCCCCCC=CCCCN. The van der Waals surface area contributed by atoms with Crippen LogP contribution in [0.2, 0.25) is 0 Å². The highest BCUT2D eigenvalue weighted by Crippen LogP contribution is 2.03. The molecule has 12 heavy (non-hydrogen) atoms. The Morgan fingerprint density at radius 2 is 1.58 bits per heavy atom. The van der Waals surface area contributed by atoms with Gasteiger partial charge in [-0.1, -0.05) is 38.3 Å². The van der Waals surface area contributed by atoms with E-state index < -0.39 is 0 Å². The van der Waals surface area contributed by atoms with Crippen molar-refractivity contribution in [3.63, 3.8) is 0 Å². The predicted octanol–water partition coefficient (Wildman–Crippen LogP) is 3.25. The largest absolute Gasteiger partial charge is 0.330 e. The molecule has 0 amide bonds. The highest BCUT2D eigenvalue weighted by Gasteiger charge is 1.84. The van der Waals surface area contributed by atoms with Crippen molar-refractivity contribution in [2.45, 2.75) is 51.9 Å². The maximum Gasteiger partial charge on any atom is -0.00743 e. The molecule has 1 heteroatoms. The van der Waals surface area contributed by atoms with Crippen molar-refractivity contribution in [3.05, 3.63) is 12.2 Å². The van der Waals surface area contributed by atoms with Gasteiger partial charge in [-0.05, 0) is 32.2 Å². The second kappa shape index (κ2) is 10.7. The number of hydrogen-bond acceptors (Lipinski definition) is 1. The van der Waals surface area contributed by atoms with Gasteiger partial charge in [-0.25, -0.2) is 0 Å². The van der Waals surface area contributed by atoms with Gasteiger partial charge in [0.2, 0.25) is 0 Å². The normalized spacial score (nSPS) is 11.2. The molecule has 0 aromatic rings. The Morgan fingerprint density at radius 1 is 0.917 bits per heavy atom. The lowest BCUT2D eigenvalue weighted by atomic mass is 10.1. The average molecular weight is 169 g/mol. The first-order chi connectivity index (χ1) is 5.91. The summed E-state index contributed by atoms with van der Waals surface area (Å²) in [5.74, 6) is 0. The summed E-state index contributed by atoms with van der Waals surface area (Å²) in [5, 5.41) is 0. The lowest BCUT2D eigenvalue weighted by Gasteiger charge is -1.94. The van der Waals surface area contributed by atoms with Crippen molar-refractivity contribution >= 4 is 0 Å². The zero-order chi connectivity index (χ0) is 9.07. The van der Waals surface area contributed by atoms with Crippen LogP contribution in [0.1, 0.15) is 51.9 Å². The van der Waals surface area contributed by atoms with Crippen molar-refractivity contribution in [2.75, 3.05) is 6.54 Å². The summed E-state index contributed by atoms with van der Waals surface area (Å²) in [6.07, 6.45) is 13.6. The van der Waals surface area contributed by atoms with Gasteiger partial charge in [0.1, 0.15) is 0 Å². The summed E-state index contributed by atoms with van der Waals surface area (Å²) in [6, 6.07) is 0. The first kappa shape index (κ1) is 11.7. The molecule has 0 aliphatic rings. The van der Waals surface area contributed by atoms with E-state index in [1.165, 1.54) is 32.1 Å². The molecule has 72 valence electrons. The highest BCUT2D eigenvalue weighted by atomic mass is 14.5. The number of allylic oxidation sites excluding steroid dienone is 2. The van der Waals surface area contributed by atoms with Gasteiger partial charge < -0.3 is 5.73 Å². The van der Waals surface area contributed by atoms with Crippen LogP contribution in [-0.2, 0) is 0 Å². The van der Waals surface area contributed by atoms with Crippen LogP contribution in [0.5, 0.6) is 0 Å². The van der Waals surface area contributed by atoms with Gasteiger partial charge in [-0.3, -0.25) is 0 Å². The lowest BCUT2D eigenvalue weighted by Crippen LogP contribution is -1.96. The Bertz CT molecular complexity index is 97.2. The summed E-state index contributed by atoms with van der Waals surface area (Å²) in [4.78, 5) is 0. The van der Waals surface area contributed by atoms with Gasteiger partial charge in [0.25, 0.3) is 0 Å². The van der Waals surface area contributed by atoms with E-state index in [1.807, 2.05) is 0 Å². The van der Waals surface area contributed by atoms with Crippen molar-refractivity contribution in [3.8, 4) is 0 Å². The van der Waals surface area contributed by atoms with Gasteiger partial charge in [0.05, 0.1) is 0 Å². The van der Waals surface area contributed by atoms with Crippen molar-refractivity contribution in [2.24, 2.45) is 5.73 Å². The Labute approximate surface area is 77.0 Å². The third-order valence-corrected chi connectivity index (χ3v) is 1.97. The molecule has 0 radical (unpaired) electrons. The van der Waals surface area contributed by atoms with E-state index >= 15 is 0 Å². The minimum atomic E-state index is 0.820. The van der Waals surface area contributed by atoms with Crippen LogP contribution in [0.15, 0.2) is 12.2 Å². The van der Waals surface area contributed by atoms with Crippen LogP contribution in [-0.4, -0.2) is 6.54 Å². The highest BCUT2D eigenvalue weighted by molar-refractivity contribution is 4.81. The van der Waals surface area contributed by atoms with Crippen molar-refractivity contribution < 1.29 is 0 Å². The molecule has 0 atom stereocenters. The maximum atomic E-state index is 5.38. The molecule has 0 aromatic carbocycles. The Balaban J connectivity index is 2.92. The smallest absolute Gasteiger partial charge is 0.00743 e. The molecule has 0 bridgehead atoms. The minimum Gasteiger partial charge on any atom is -0.330 e. The Hall–Kier alpha value is -0.300. The van der Waals surface area contributed by atoms with Crippen LogP contribution in [0.3, 0.4) is 0 Å². The zero-order valence-corrected chi connectivity index (χ0v) is 8.39. The van der Waals surface area contributed by atoms with Gasteiger partial charge >= 0.3 is 0 Å². The Kier molecular flexibility index (Phi) is 10.4. The summed E-state index contributed by atoms with van der Waals surface area (Å²) in [6.45, 7) is 3.07. The molecule has 0 heterocycles. The van der Waals surface area contributed by atoms with Crippen LogP contribution in [0, 0.1) is 0 Å². The third kappa shape index (κ3) is 9.70. The van der Waals surface area contributed by atoms with Gasteiger partial charge in [-0.2, -0.15) is 0 Å². The first-order valence-corrected chi connectivity index (χ1v) is 5.27. The fourth-order valence-electron chi connectivity index (χ4n) is 1.16. The first-order valence-electron chi connectivity index (χ1n) is 5.27. The summed E-state index contributed by atoms with van der Waals surface area (Å²) < 4.78 is 0. The molecule has 0 aliphatic carbocycles. The van der Waals surface area contributed by atoms with Crippen LogP contribution in [0.25, 0.3) is 0 Å². The Morgan fingerprint density at radius 3 is 2.17 bits per heavy atom. The van der Waals surface area contributed by atoms with E-state index in [9.17, 15) is 0 Å². The van der Waals surface area contributed by atoms with E-state index in [0.717, 1.165) is 19.4 Å². The topological polar surface area (TPSA) is 26.0 Å². The summed E-state index contributed by atoms with van der Waals surface area (Å²) >= 11 is 0. The molecular formula is C11H23N. The number of unbranched alkanes of at least 4 members (excludes halogenated alkanes) is 5. The molecule has 0 unspecified atom stereocenters. The van der Waals surface area contributed by atoms with Gasteiger partial charge in [0.15, 0.2) is 0 Å². The minimum absolute atomic E-state index is 0.820. The number of nitrogens with two attached hydrogens (primary N) is 1. The lowest BCUT2D eigenvalue weighted by molar-refractivity contribution is 0.673. The molecule has 0 saturated carbocycles. The van der Waals surface area contributed by atoms with E-state index in [1.54, 1.807) is 0 Å². The standard InChI is InChI=1S/C11H23N/c1-2-3-4-5-6-7-8-9-10-11-12/h7-8H,2-6,9-12H2,1H3. The molecule has 0 saturated heterocycles. The monoisotopic (exact) mass is 169 g/mol. The quantitative estimate of drug-likeness (QED) is 0.438.